The summed E-state index contributed by atoms with van der Waals surface area (Å²) in [5, 5.41) is 11.3. The third-order valence-electron chi connectivity index (χ3n) is 4.73. The Balaban J connectivity index is 1.65. The molecule has 6 heteroatoms. The van der Waals surface area contributed by atoms with E-state index in [4.69, 9.17) is 16.3 Å². The summed E-state index contributed by atoms with van der Waals surface area (Å²) in [6, 6.07) is 5.91. The van der Waals surface area contributed by atoms with Crippen molar-refractivity contribution in [1.82, 2.24) is 14.5 Å². The van der Waals surface area contributed by atoms with Crippen LogP contribution in [0.5, 0.6) is 5.75 Å². The van der Waals surface area contributed by atoms with Crippen molar-refractivity contribution in [2.24, 2.45) is 13.0 Å². The molecule has 1 aromatic carbocycles. The predicted molar refractivity (Wildman–Crippen MR) is 94.2 cm³/mol. The number of piperidine rings is 1. The van der Waals surface area contributed by atoms with Gasteiger partial charge in [0, 0.05) is 38.4 Å². The van der Waals surface area contributed by atoms with Crippen LogP contribution in [0.2, 0.25) is 5.02 Å². The summed E-state index contributed by atoms with van der Waals surface area (Å²) >= 11 is 6.22. The molecule has 0 radical (unpaired) electrons. The molecule has 24 heavy (non-hydrogen) atoms. The smallest absolute Gasteiger partial charge is 0.137 e. The van der Waals surface area contributed by atoms with Crippen molar-refractivity contribution in [2.45, 2.75) is 25.5 Å². The molecule has 1 saturated heterocycles. The highest BCUT2D eigenvalue weighted by molar-refractivity contribution is 6.32. The minimum absolute atomic E-state index is 0.202. The van der Waals surface area contributed by atoms with Crippen molar-refractivity contribution in [3.8, 4) is 5.75 Å². The van der Waals surface area contributed by atoms with Gasteiger partial charge in [0.25, 0.3) is 0 Å². The van der Waals surface area contributed by atoms with Crippen molar-refractivity contribution in [3.05, 3.63) is 47.0 Å². The highest BCUT2D eigenvalue weighted by atomic mass is 35.5. The maximum absolute atomic E-state index is 10.7. The molecule has 0 saturated carbocycles. The lowest BCUT2D eigenvalue weighted by Crippen LogP contribution is -2.37. The number of nitrogens with zero attached hydrogens (tertiary/aromatic N) is 3. The summed E-state index contributed by atoms with van der Waals surface area (Å²) in [7, 11) is 3.54. The third kappa shape index (κ3) is 3.74. The topological polar surface area (TPSA) is 50.5 Å². The molecular formula is C18H24ClN3O2. The van der Waals surface area contributed by atoms with Crippen molar-refractivity contribution in [1.29, 1.82) is 0 Å². The Morgan fingerprint density at radius 2 is 2.29 bits per heavy atom. The Hall–Kier alpha value is -1.56. The molecule has 1 aliphatic heterocycles. The molecule has 1 N–H and O–H groups in total. The number of aliphatic hydroxyl groups excluding tert-OH is 1. The highest BCUT2D eigenvalue weighted by Crippen LogP contribution is 2.30. The molecule has 2 unspecified atom stereocenters. The van der Waals surface area contributed by atoms with Crippen molar-refractivity contribution in [3.63, 3.8) is 0 Å². The molecule has 130 valence electrons. The van der Waals surface area contributed by atoms with Gasteiger partial charge in [-0.3, -0.25) is 4.90 Å². The van der Waals surface area contributed by atoms with Crippen molar-refractivity contribution in [2.75, 3.05) is 20.2 Å². The summed E-state index contributed by atoms with van der Waals surface area (Å²) in [5.74, 6) is 1.64. The second kappa shape index (κ2) is 7.55. The van der Waals surface area contributed by atoms with E-state index in [0.29, 0.717) is 10.8 Å². The minimum atomic E-state index is -0.521. The standard InChI is InChI=1S/C18H24ClN3O2/c1-21-9-7-20-18(21)17(23)14-4-3-8-22(12-14)11-13-5-6-16(24-2)15(19)10-13/h5-7,9-10,14,17,23H,3-4,8,11-12H2,1-2H3. The number of imidazole rings is 1. The molecule has 0 amide bonds. The Kier molecular flexibility index (Phi) is 5.43. The summed E-state index contributed by atoms with van der Waals surface area (Å²) in [6.07, 6.45) is 5.19. The lowest BCUT2D eigenvalue weighted by Gasteiger charge is -2.35. The van der Waals surface area contributed by atoms with E-state index in [9.17, 15) is 5.11 Å². The number of hydrogen-bond donors (Lipinski definition) is 1. The number of likely N-dealkylation sites (tertiary alicyclic amines) is 1. The van der Waals surface area contributed by atoms with Gasteiger partial charge in [-0.05, 0) is 37.1 Å². The van der Waals surface area contributed by atoms with E-state index in [1.165, 1.54) is 0 Å². The number of halogens is 1. The first-order valence-corrected chi connectivity index (χ1v) is 8.66. The SMILES string of the molecule is COc1ccc(CN2CCCC(C(O)c3nccn3C)C2)cc1Cl. The largest absolute Gasteiger partial charge is 0.495 e. The van der Waals surface area contributed by atoms with Gasteiger partial charge < -0.3 is 14.4 Å². The lowest BCUT2D eigenvalue weighted by atomic mass is 9.91. The zero-order valence-electron chi connectivity index (χ0n) is 14.2. The number of ether oxygens (including phenoxy) is 1. The van der Waals surface area contributed by atoms with Gasteiger partial charge in [-0.2, -0.15) is 0 Å². The molecule has 0 spiro atoms. The lowest BCUT2D eigenvalue weighted by molar-refractivity contribution is 0.0405. The first-order chi connectivity index (χ1) is 11.6. The van der Waals surface area contributed by atoms with Crippen LogP contribution in [0.15, 0.2) is 30.6 Å². The van der Waals surface area contributed by atoms with E-state index in [0.717, 1.165) is 43.9 Å². The van der Waals surface area contributed by atoms with Gasteiger partial charge in [-0.15, -0.1) is 0 Å². The van der Waals surface area contributed by atoms with E-state index >= 15 is 0 Å². The van der Waals surface area contributed by atoms with Crippen molar-refractivity contribution < 1.29 is 9.84 Å². The Labute approximate surface area is 147 Å². The molecule has 0 aliphatic carbocycles. The maximum atomic E-state index is 10.7. The Morgan fingerprint density at radius 1 is 1.46 bits per heavy atom. The normalized spacial score (nSPS) is 20.1. The van der Waals surface area contributed by atoms with Crippen LogP contribution in [0.1, 0.15) is 30.3 Å². The van der Waals surface area contributed by atoms with E-state index in [1.807, 2.05) is 36.0 Å². The first-order valence-electron chi connectivity index (χ1n) is 8.28. The van der Waals surface area contributed by atoms with Crippen LogP contribution in [0.25, 0.3) is 0 Å². The fourth-order valence-electron chi connectivity index (χ4n) is 3.43. The molecule has 0 bridgehead atoms. The minimum Gasteiger partial charge on any atom is -0.495 e. The number of rotatable bonds is 5. The maximum Gasteiger partial charge on any atom is 0.137 e. The van der Waals surface area contributed by atoms with Crippen LogP contribution in [-0.2, 0) is 13.6 Å². The number of benzene rings is 1. The molecule has 2 atom stereocenters. The number of aliphatic hydroxyl groups is 1. The number of methoxy groups -OCH3 is 1. The van der Waals surface area contributed by atoms with Crippen molar-refractivity contribution >= 4 is 11.6 Å². The number of aromatic nitrogens is 2. The van der Waals surface area contributed by atoms with E-state index < -0.39 is 6.10 Å². The van der Waals surface area contributed by atoms with Gasteiger partial charge in [0.15, 0.2) is 0 Å². The Bertz CT molecular complexity index is 689. The fraction of sp³-hybridized carbons (Fsp3) is 0.500. The van der Waals surface area contributed by atoms with Crippen LogP contribution in [0.3, 0.4) is 0 Å². The van der Waals surface area contributed by atoms with Crippen LogP contribution in [0, 0.1) is 5.92 Å². The second-order valence-corrected chi connectivity index (χ2v) is 6.85. The summed E-state index contributed by atoms with van der Waals surface area (Å²) in [4.78, 5) is 6.67. The zero-order valence-corrected chi connectivity index (χ0v) is 14.9. The summed E-state index contributed by atoms with van der Waals surface area (Å²) in [6.45, 7) is 2.72. The number of aryl methyl sites for hydroxylation is 1. The average Bonchev–Trinajstić information content (AvgIpc) is 3.01. The van der Waals surface area contributed by atoms with Gasteiger partial charge >= 0.3 is 0 Å². The molecule has 2 aromatic rings. The second-order valence-electron chi connectivity index (χ2n) is 6.45. The van der Waals surface area contributed by atoms with Gasteiger partial charge in [0.1, 0.15) is 17.7 Å². The van der Waals surface area contributed by atoms with E-state index in [2.05, 4.69) is 9.88 Å². The van der Waals surface area contributed by atoms with Crippen LogP contribution in [0.4, 0.5) is 0 Å². The first kappa shape index (κ1) is 17.3. The van der Waals surface area contributed by atoms with E-state index in [-0.39, 0.29) is 5.92 Å². The van der Waals surface area contributed by atoms with Gasteiger partial charge in [-0.1, -0.05) is 17.7 Å². The van der Waals surface area contributed by atoms with Gasteiger partial charge in [-0.25, -0.2) is 4.98 Å². The molecule has 1 aromatic heterocycles. The molecule has 1 fully saturated rings. The van der Waals surface area contributed by atoms with Crippen LogP contribution >= 0.6 is 11.6 Å². The number of hydrogen-bond acceptors (Lipinski definition) is 4. The fourth-order valence-corrected chi connectivity index (χ4v) is 3.71. The van der Waals surface area contributed by atoms with Crippen LogP contribution < -0.4 is 4.74 Å². The Morgan fingerprint density at radius 3 is 2.96 bits per heavy atom. The van der Waals surface area contributed by atoms with Gasteiger partial charge in [0.05, 0.1) is 12.1 Å². The monoisotopic (exact) mass is 349 g/mol. The zero-order chi connectivity index (χ0) is 17.1. The molecular weight excluding hydrogens is 326 g/mol. The predicted octanol–water partition coefficient (Wildman–Crippen LogP) is 3.03. The summed E-state index contributed by atoms with van der Waals surface area (Å²) in [5.41, 5.74) is 1.16. The molecule has 5 nitrogen and oxygen atoms in total. The third-order valence-corrected chi connectivity index (χ3v) is 5.03. The highest BCUT2D eigenvalue weighted by Gasteiger charge is 2.29. The van der Waals surface area contributed by atoms with Crippen LogP contribution in [-0.4, -0.2) is 39.8 Å². The van der Waals surface area contributed by atoms with Gasteiger partial charge in [0.2, 0.25) is 0 Å². The van der Waals surface area contributed by atoms with E-state index in [1.54, 1.807) is 13.3 Å². The molecule has 3 rings (SSSR count). The summed E-state index contributed by atoms with van der Waals surface area (Å²) < 4.78 is 7.10. The quantitative estimate of drug-likeness (QED) is 0.901. The molecule has 2 heterocycles. The molecule has 1 aliphatic rings. The average molecular weight is 350 g/mol.